The summed E-state index contributed by atoms with van der Waals surface area (Å²) in [6.45, 7) is 1.34. The van der Waals surface area contributed by atoms with E-state index >= 15 is 0 Å². The third kappa shape index (κ3) is 2.19. The highest BCUT2D eigenvalue weighted by Crippen LogP contribution is 2.27. The molecule has 0 bridgehead atoms. The number of aliphatic hydroxyl groups excluding tert-OH is 1. The molecule has 2 aromatic heterocycles. The normalized spacial score (nSPS) is 11.8. The summed E-state index contributed by atoms with van der Waals surface area (Å²) in [7, 11) is 0. The molecule has 2 rings (SSSR count). The molecule has 18 heavy (non-hydrogen) atoms. The van der Waals surface area contributed by atoms with E-state index in [1.165, 1.54) is 10.7 Å². The lowest BCUT2D eigenvalue weighted by molar-refractivity contribution is -0.141. The van der Waals surface area contributed by atoms with Gasteiger partial charge in [0.25, 0.3) is 0 Å². The van der Waals surface area contributed by atoms with Crippen molar-refractivity contribution in [2.24, 2.45) is 0 Å². The molecule has 0 unspecified atom stereocenters. The Morgan fingerprint density at radius 3 is 2.56 bits per heavy atom. The fraction of sp³-hybridized carbons (Fsp3) is 0.300. The second-order valence-electron chi connectivity index (χ2n) is 3.59. The molecule has 0 aliphatic rings. The van der Waals surface area contributed by atoms with E-state index in [2.05, 4.69) is 15.3 Å². The van der Waals surface area contributed by atoms with Gasteiger partial charge in [-0.1, -0.05) is 5.21 Å². The van der Waals surface area contributed by atoms with Crippen LogP contribution in [0.5, 0.6) is 0 Å². The average molecular weight is 258 g/mol. The number of alkyl halides is 3. The highest BCUT2D eigenvalue weighted by Gasteiger charge is 2.32. The maximum Gasteiger partial charge on any atom is 0.433 e. The first-order valence-corrected chi connectivity index (χ1v) is 4.99. The lowest BCUT2D eigenvalue weighted by Crippen LogP contribution is -2.09. The van der Waals surface area contributed by atoms with Crippen LogP contribution in [-0.2, 0) is 12.8 Å². The number of aliphatic hydroxyl groups is 1. The number of aryl methyl sites for hydroxylation is 1. The van der Waals surface area contributed by atoms with Crippen LogP contribution in [0.4, 0.5) is 13.2 Å². The van der Waals surface area contributed by atoms with E-state index in [0.29, 0.717) is 17.1 Å². The molecule has 0 fully saturated rings. The molecule has 0 atom stereocenters. The van der Waals surface area contributed by atoms with Crippen molar-refractivity contribution < 1.29 is 18.3 Å². The lowest BCUT2D eigenvalue weighted by atomic mass is 10.3. The summed E-state index contributed by atoms with van der Waals surface area (Å²) in [5.74, 6) is 0. The van der Waals surface area contributed by atoms with Gasteiger partial charge in [0.15, 0.2) is 0 Å². The molecular weight excluding hydrogens is 249 g/mol. The Kier molecular flexibility index (Phi) is 3.04. The van der Waals surface area contributed by atoms with Crippen LogP contribution in [0, 0.1) is 6.92 Å². The van der Waals surface area contributed by atoms with Crippen LogP contribution in [0.1, 0.15) is 17.1 Å². The Hall–Kier alpha value is -1.96. The minimum absolute atomic E-state index is 0.306. The molecule has 0 spiro atoms. The number of hydrogen-bond donors (Lipinski definition) is 1. The Bertz CT molecular complexity index is 547. The zero-order valence-electron chi connectivity index (χ0n) is 9.31. The van der Waals surface area contributed by atoms with E-state index in [1.54, 1.807) is 6.92 Å². The van der Waals surface area contributed by atoms with E-state index in [9.17, 15) is 13.2 Å². The summed E-state index contributed by atoms with van der Waals surface area (Å²) in [5.41, 5.74) is 0.259. The standard InChI is InChI=1S/C10H9F3N4O/c1-6-8(5-18)17(16-15-6)7-2-3-9(14-4-7)10(11,12)13/h2-4,18H,5H2,1H3. The third-order valence-corrected chi connectivity index (χ3v) is 2.39. The summed E-state index contributed by atoms with van der Waals surface area (Å²) in [6.07, 6.45) is -3.44. The Morgan fingerprint density at radius 1 is 1.33 bits per heavy atom. The van der Waals surface area contributed by atoms with Gasteiger partial charge in [-0.3, -0.25) is 0 Å². The predicted octanol–water partition coefficient (Wildman–Crippen LogP) is 1.48. The van der Waals surface area contributed by atoms with E-state index in [0.717, 1.165) is 12.3 Å². The first-order valence-electron chi connectivity index (χ1n) is 4.99. The van der Waals surface area contributed by atoms with Crippen LogP contribution in [0.25, 0.3) is 5.69 Å². The zero-order valence-corrected chi connectivity index (χ0v) is 9.31. The highest BCUT2D eigenvalue weighted by molar-refractivity contribution is 5.32. The minimum atomic E-state index is -4.48. The molecule has 8 heteroatoms. The van der Waals surface area contributed by atoms with Crippen molar-refractivity contribution >= 4 is 0 Å². The third-order valence-electron chi connectivity index (χ3n) is 2.39. The van der Waals surface area contributed by atoms with Crippen molar-refractivity contribution in [3.05, 3.63) is 35.4 Å². The number of hydrogen-bond acceptors (Lipinski definition) is 4. The first-order chi connectivity index (χ1) is 8.43. The van der Waals surface area contributed by atoms with Crippen LogP contribution >= 0.6 is 0 Å². The second kappa shape index (κ2) is 4.37. The molecular formula is C10H9F3N4O. The molecule has 0 saturated carbocycles. The first kappa shape index (κ1) is 12.5. The van der Waals surface area contributed by atoms with Crippen molar-refractivity contribution in [3.63, 3.8) is 0 Å². The van der Waals surface area contributed by atoms with Gasteiger partial charge in [0, 0.05) is 0 Å². The van der Waals surface area contributed by atoms with Gasteiger partial charge in [-0.15, -0.1) is 5.10 Å². The predicted molar refractivity (Wildman–Crippen MR) is 54.8 cm³/mol. The van der Waals surface area contributed by atoms with Gasteiger partial charge >= 0.3 is 6.18 Å². The van der Waals surface area contributed by atoms with Gasteiger partial charge in [-0.05, 0) is 19.1 Å². The maximum atomic E-state index is 12.3. The molecule has 2 aromatic rings. The molecule has 1 N–H and O–H groups in total. The van der Waals surface area contributed by atoms with Crippen LogP contribution in [-0.4, -0.2) is 25.1 Å². The average Bonchev–Trinajstić information content (AvgIpc) is 2.69. The van der Waals surface area contributed by atoms with Gasteiger partial charge in [0.05, 0.1) is 29.9 Å². The van der Waals surface area contributed by atoms with Crippen LogP contribution in [0.3, 0.4) is 0 Å². The Balaban J connectivity index is 2.40. The van der Waals surface area contributed by atoms with E-state index in [1.807, 2.05) is 0 Å². The maximum absolute atomic E-state index is 12.3. The van der Waals surface area contributed by atoms with Crippen LogP contribution in [0.15, 0.2) is 18.3 Å². The number of halogens is 3. The monoisotopic (exact) mass is 258 g/mol. The smallest absolute Gasteiger partial charge is 0.390 e. The summed E-state index contributed by atoms with van der Waals surface area (Å²) in [5, 5.41) is 16.6. The van der Waals surface area contributed by atoms with Gasteiger partial charge in [0.1, 0.15) is 5.69 Å². The molecule has 5 nitrogen and oxygen atoms in total. The van der Waals surface area contributed by atoms with Crippen molar-refractivity contribution in [3.8, 4) is 5.69 Å². The SMILES string of the molecule is Cc1nnn(-c2ccc(C(F)(F)F)nc2)c1CO. The van der Waals surface area contributed by atoms with Crippen molar-refractivity contribution in [1.82, 2.24) is 20.0 Å². The lowest BCUT2D eigenvalue weighted by Gasteiger charge is -2.07. The summed E-state index contributed by atoms with van der Waals surface area (Å²) >= 11 is 0. The number of pyridine rings is 1. The largest absolute Gasteiger partial charge is 0.433 e. The minimum Gasteiger partial charge on any atom is -0.390 e. The van der Waals surface area contributed by atoms with E-state index in [-0.39, 0.29) is 6.61 Å². The zero-order chi connectivity index (χ0) is 13.3. The molecule has 0 aromatic carbocycles. The summed E-state index contributed by atoms with van der Waals surface area (Å²) in [4.78, 5) is 3.32. The molecule has 0 radical (unpaired) electrons. The topological polar surface area (TPSA) is 63.8 Å². The van der Waals surface area contributed by atoms with E-state index < -0.39 is 11.9 Å². The van der Waals surface area contributed by atoms with Crippen LogP contribution in [0.2, 0.25) is 0 Å². The molecule has 2 heterocycles. The van der Waals surface area contributed by atoms with Gasteiger partial charge in [-0.2, -0.15) is 13.2 Å². The summed E-state index contributed by atoms with van der Waals surface area (Å²) in [6, 6.07) is 2.08. The summed E-state index contributed by atoms with van der Waals surface area (Å²) < 4.78 is 38.3. The number of aromatic nitrogens is 4. The molecule has 96 valence electrons. The Morgan fingerprint density at radius 2 is 2.06 bits per heavy atom. The van der Waals surface area contributed by atoms with Gasteiger partial charge < -0.3 is 5.11 Å². The van der Waals surface area contributed by atoms with Gasteiger partial charge in [-0.25, -0.2) is 9.67 Å². The fourth-order valence-electron chi connectivity index (χ4n) is 1.44. The van der Waals surface area contributed by atoms with Crippen LogP contribution < -0.4 is 0 Å². The molecule has 0 saturated heterocycles. The van der Waals surface area contributed by atoms with Crippen molar-refractivity contribution in [1.29, 1.82) is 0 Å². The second-order valence-corrected chi connectivity index (χ2v) is 3.59. The molecule has 0 aliphatic heterocycles. The number of rotatable bonds is 2. The fourth-order valence-corrected chi connectivity index (χ4v) is 1.44. The molecule has 0 aliphatic carbocycles. The quantitative estimate of drug-likeness (QED) is 0.886. The van der Waals surface area contributed by atoms with Crippen molar-refractivity contribution in [2.45, 2.75) is 19.7 Å². The Labute approximate surface area is 99.9 Å². The van der Waals surface area contributed by atoms with Gasteiger partial charge in [0.2, 0.25) is 0 Å². The van der Waals surface area contributed by atoms with Crippen molar-refractivity contribution in [2.75, 3.05) is 0 Å². The number of nitrogens with zero attached hydrogens (tertiary/aromatic N) is 4. The van der Waals surface area contributed by atoms with E-state index in [4.69, 9.17) is 5.11 Å². The highest BCUT2D eigenvalue weighted by atomic mass is 19.4. The molecule has 0 amide bonds.